The van der Waals surface area contributed by atoms with Gasteiger partial charge in [0.1, 0.15) is 17.3 Å². The van der Waals surface area contributed by atoms with Gasteiger partial charge in [-0.25, -0.2) is 4.98 Å². The van der Waals surface area contributed by atoms with Crippen molar-refractivity contribution in [1.82, 2.24) is 10.3 Å². The van der Waals surface area contributed by atoms with E-state index in [0.717, 1.165) is 15.8 Å². The average Bonchev–Trinajstić information content (AvgIpc) is 2.60. The zero-order valence-corrected chi connectivity index (χ0v) is 14.9. The molecule has 2 aromatic carbocycles. The molecule has 0 fully saturated rings. The minimum absolute atomic E-state index is 0.215. The number of carbonyl (C=O) groups is 1. The summed E-state index contributed by atoms with van der Waals surface area (Å²) in [5.74, 6) is 1.39. The predicted octanol–water partition coefficient (Wildman–Crippen LogP) is 4.15. The molecule has 6 heteroatoms. The number of nitrogens with two attached hydrogens (primary N) is 1. The van der Waals surface area contributed by atoms with E-state index in [2.05, 4.69) is 26.2 Å². The predicted molar refractivity (Wildman–Crippen MR) is 100 cm³/mol. The molecule has 0 bridgehead atoms. The van der Waals surface area contributed by atoms with Crippen molar-refractivity contribution < 1.29 is 9.53 Å². The lowest BCUT2D eigenvalue weighted by Crippen LogP contribution is -2.24. The summed E-state index contributed by atoms with van der Waals surface area (Å²) >= 11 is 3.42. The van der Waals surface area contributed by atoms with Gasteiger partial charge in [0.15, 0.2) is 0 Å². The molecule has 0 aliphatic heterocycles. The number of pyridine rings is 1. The Hall–Kier alpha value is -2.86. The highest BCUT2D eigenvalue weighted by Crippen LogP contribution is 2.25. The maximum absolute atomic E-state index is 12.2. The highest BCUT2D eigenvalue weighted by Gasteiger charge is 2.09. The van der Waals surface area contributed by atoms with Crippen molar-refractivity contribution in [1.29, 1.82) is 0 Å². The van der Waals surface area contributed by atoms with Crippen molar-refractivity contribution in [2.45, 2.75) is 6.54 Å². The number of ether oxygens (including phenoxy) is 1. The van der Waals surface area contributed by atoms with Crippen molar-refractivity contribution >= 4 is 27.7 Å². The van der Waals surface area contributed by atoms with Crippen molar-refractivity contribution in [3.63, 3.8) is 0 Å². The van der Waals surface area contributed by atoms with Crippen molar-refractivity contribution in [3.8, 4) is 11.5 Å². The quantitative estimate of drug-likeness (QED) is 0.677. The summed E-state index contributed by atoms with van der Waals surface area (Å²) in [6.07, 6.45) is 1.55. The van der Waals surface area contributed by atoms with E-state index in [0.29, 0.717) is 17.9 Å². The van der Waals surface area contributed by atoms with Crippen LogP contribution in [0.1, 0.15) is 15.9 Å². The van der Waals surface area contributed by atoms with Gasteiger partial charge in [0.05, 0.1) is 5.56 Å². The van der Waals surface area contributed by atoms with Crippen LogP contribution >= 0.6 is 15.9 Å². The highest BCUT2D eigenvalue weighted by atomic mass is 79.9. The molecule has 0 saturated carbocycles. The lowest BCUT2D eigenvalue weighted by atomic mass is 10.2. The minimum atomic E-state index is -0.260. The minimum Gasteiger partial charge on any atom is -0.457 e. The Bertz CT molecular complexity index is 899. The lowest BCUT2D eigenvalue weighted by Gasteiger charge is -2.09. The molecule has 25 heavy (non-hydrogen) atoms. The zero-order chi connectivity index (χ0) is 17.6. The second kappa shape index (κ2) is 7.81. The topological polar surface area (TPSA) is 77.2 Å². The molecule has 1 heterocycles. The fourth-order valence-electron chi connectivity index (χ4n) is 2.27. The second-order valence-corrected chi connectivity index (χ2v) is 6.24. The number of hydrogen-bond donors (Lipinski definition) is 2. The van der Waals surface area contributed by atoms with E-state index in [4.69, 9.17) is 10.5 Å². The van der Waals surface area contributed by atoms with Crippen LogP contribution in [0.2, 0.25) is 0 Å². The standard InChI is InChI=1S/C19H16BrN3O2/c20-14-5-2-7-16(11-14)25-15-6-1-4-13(10-15)12-23-19(24)17-8-3-9-22-18(17)21/h1-11H,12H2,(H2,21,22)(H,23,24). The van der Waals surface area contributed by atoms with Gasteiger partial charge in [-0.3, -0.25) is 4.79 Å². The van der Waals surface area contributed by atoms with E-state index < -0.39 is 0 Å². The summed E-state index contributed by atoms with van der Waals surface area (Å²) in [6, 6.07) is 18.5. The van der Waals surface area contributed by atoms with E-state index in [9.17, 15) is 4.79 Å². The number of benzene rings is 2. The molecule has 1 aromatic heterocycles. The number of nitrogens with one attached hydrogen (secondary N) is 1. The summed E-state index contributed by atoms with van der Waals surface area (Å²) in [4.78, 5) is 16.1. The summed E-state index contributed by atoms with van der Waals surface area (Å²) in [7, 11) is 0. The Balaban J connectivity index is 1.66. The molecule has 3 N–H and O–H groups in total. The van der Waals surface area contributed by atoms with Gasteiger partial charge in [-0.1, -0.05) is 34.1 Å². The van der Waals surface area contributed by atoms with Crippen LogP contribution in [-0.4, -0.2) is 10.9 Å². The van der Waals surface area contributed by atoms with Gasteiger partial charge in [0.25, 0.3) is 5.91 Å². The molecule has 3 aromatic rings. The Labute approximate surface area is 154 Å². The molecule has 5 nitrogen and oxygen atoms in total. The van der Waals surface area contributed by atoms with Gasteiger partial charge in [-0.15, -0.1) is 0 Å². The molecule has 3 rings (SSSR count). The first-order valence-corrected chi connectivity index (χ1v) is 8.42. The number of nitrogens with zero attached hydrogens (tertiary/aromatic N) is 1. The molecular weight excluding hydrogens is 382 g/mol. The Morgan fingerprint density at radius 2 is 1.84 bits per heavy atom. The van der Waals surface area contributed by atoms with Gasteiger partial charge in [0, 0.05) is 17.2 Å². The van der Waals surface area contributed by atoms with E-state index in [-0.39, 0.29) is 11.7 Å². The zero-order valence-electron chi connectivity index (χ0n) is 13.3. The number of nitrogen functional groups attached to an aromatic ring is 1. The van der Waals surface area contributed by atoms with E-state index in [1.165, 1.54) is 0 Å². The molecule has 0 aliphatic rings. The maximum Gasteiger partial charge on any atom is 0.255 e. The average molecular weight is 398 g/mol. The number of anilines is 1. The van der Waals surface area contributed by atoms with E-state index in [1.807, 2.05) is 48.5 Å². The largest absolute Gasteiger partial charge is 0.457 e. The lowest BCUT2D eigenvalue weighted by molar-refractivity contribution is 0.0951. The summed E-state index contributed by atoms with van der Waals surface area (Å²) in [5.41, 5.74) is 7.00. The molecular formula is C19H16BrN3O2. The molecule has 0 spiro atoms. The summed E-state index contributed by atoms with van der Waals surface area (Å²) in [6.45, 7) is 0.364. The Kier molecular flexibility index (Phi) is 5.30. The summed E-state index contributed by atoms with van der Waals surface area (Å²) < 4.78 is 6.78. The van der Waals surface area contributed by atoms with Gasteiger partial charge in [-0.2, -0.15) is 0 Å². The second-order valence-electron chi connectivity index (χ2n) is 5.33. The third-order valence-corrected chi connectivity index (χ3v) is 3.96. The third-order valence-electron chi connectivity index (χ3n) is 3.47. The fourth-order valence-corrected chi connectivity index (χ4v) is 2.65. The van der Waals surface area contributed by atoms with Gasteiger partial charge < -0.3 is 15.8 Å². The number of rotatable bonds is 5. The van der Waals surface area contributed by atoms with Crippen molar-refractivity contribution in [2.75, 3.05) is 5.73 Å². The Morgan fingerprint density at radius 1 is 1.08 bits per heavy atom. The molecule has 0 atom stereocenters. The van der Waals surface area contributed by atoms with Gasteiger partial charge >= 0.3 is 0 Å². The smallest absolute Gasteiger partial charge is 0.255 e. The number of aromatic nitrogens is 1. The normalized spacial score (nSPS) is 10.3. The van der Waals surface area contributed by atoms with Gasteiger partial charge in [-0.05, 0) is 48.0 Å². The first kappa shape index (κ1) is 17.0. The van der Waals surface area contributed by atoms with Crippen LogP contribution in [0.5, 0.6) is 11.5 Å². The molecule has 0 saturated heterocycles. The van der Waals surface area contributed by atoms with E-state index >= 15 is 0 Å². The van der Waals surface area contributed by atoms with Crippen LogP contribution in [0, 0.1) is 0 Å². The third kappa shape index (κ3) is 4.58. The number of carbonyl (C=O) groups excluding carboxylic acids is 1. The van der Waals surface area contributed by atoms with E-state index in [1.54, 1.807) is 18.3 Å². The highest BCUT2D eigenvalue weighted by molar-refractivity contribution is 9.10. The monoisotopic (exact) mass is 397 g/mol. The Morgan fingerprint density at radius 3 is 2.60 bits per heavy atom. The summed E-state index contributed by atoms with van der Waals surface area (Å²) in [5, 5.41) is 2.83. The van der Waals surface area contributed by atoms with Crippen LogP contribution in [0.3, 0.4) is 0 Å². The number of hydrogen-bond acceptors (Lipinski definition) is 4. The van der Waals surface area contributed by atoms with Crippen LogP contribution in [0.15, 0.2) is 71.3 Å². The SMILES string of the molecule is Nc1ncccc1C(=O)NCc1cccc(Oc2cccc(Br)c2)c1. The van der Waals surface area contributed by atoms with Crippen LogP contribution < -0.4 is 15.8 Å². The fraction of sp³-hybridized carbons (Fsp3) is 0.0526. The molecule has 126 valence electrons. The molecule has 0 unspecified atom stereocenters. The molecule has 0 radical (unpaired) electrons. The molecule has 0 aliphatic carbocycles. The van der Waals surface area contributed by atoms with Crippen LogP contribution in [-0.2, 0) is 6.54 Å². The first-order valence-electron chi connectivity index (χ1n) is 7.63. The maximum atomic E-state index is 12.2. The first-order chi connectivity index (χ1) is 12.1. The van der Waals surface area contributed by atoms with Crippen LogP contribution in [0.25, 0.3) is 0 Å². The number of amides is 1. The van der Waals surface area contributed by atoms with Crippen molar-refractivity contribution in [2.24, 2.45) is 0 Å². The van der Waals surface area contributed by atoms with Gasteiger partial charge in [0.2, 0.25) is 0 Å². The number of halogens is 1. The van der Waals surface area contributed by atoms with Crippen molar-refractivity contribution in [3.05, 3.63) is 82.5 Å². The van der Waals surface area contributed by atoms with Crippen LogP contribution in [0.4, 0.5) is 5.82 Å². The molecule has 1 amide bonds.